The first-order valence-electron chi connectivity index (χ1n) is 6.28. The van der Waals surface area contributed by atoms with Crippen molar-refractivity contribution >= 4 is 0 Å². The molecular formula is C13H26N2O. The summed E-state index contributed by atoms with van der Waals surface area (Å²) in [5.41, 5.74) is -0.360. The second kappa shape index (κ2) is 8.55. The van der Waals surface area contributed by atoms with Gasteiger partial charge in [0.1, 0.15) is 5.54 Å². The zero-order valence-corrected chi connectivity index (χ0v) is 11.2. The molecule has 0 aliphatic carbocycles. The minimum absolute atomic E-state index is 0.360. The Balaban J connectivity index is 3.61. The smallest absolute Gasteiger partial charge is 0.106 e. The molecule has 1 atom stereocenters. The molecule has 0 saturated heterocycles. The number of nitrogens with zero attached hydrogens (tertiary/aromatic N) is 1. The van der Waals surface area contributed by atoms with Gasteiger partial charge >= 0.3 is 0 Å². The van der Waals surface area contributed by atoms with Crippen LogP contribution in [0.3, 0.4) is 0 Å². The first-order valence-corrected chi connectivity index (χ1v) is 6.28. The normalized spacial score (nSPS) is 14.8. The molecule has 1 N–H and O–H groups in total. The lowest BCUT2D eigenvalue weighted by atomic mass is 9.92. The van der Waals surface area contributed by atoms with E-state index in [1.54, 1.807) is 0 Å². The monoisotopic (exact) mass is 226 g/mol. The summed E-state index contributed by atoms with van der Waals surface area (Å²) in [7, 11) is 1.85. The molecule has 3 heteroatoms. The third-order valence-electron chi connectivity index (χ3n) is 3.03. The lowest BCUT2D eigenvalue weighted by Crippen LogP contribution is -2.40. The molecule has 0 saturated carbocycles. The third kappa shape index (κ3) is 6.09. The number of hydrogen-bond donors (Lipinski definition) is 1. The zero-order valence-electron chi connectivity index (χ0n) is 11.2. The maximum Gasteiger partial charge on any atom is 0.106 e. The minimum Gasteiger partial charge on any atom is -0.381 e. The molecule has 0 amide bonds. The molecule has 0 radical (unpaired) electrons. The number of hydrogen-bond acceptors (Lipinski definition) is 3. The van der Waals surface area contributed by atoms with Gasteiger partial charge in [-0.1, -0.05) is 20.8 Å². The number of nitrogens with one attached hydrogen (secondary N) is 1. The van der Waals surface area contributed by atoms with Crippen molar-refractivity contribution in [1.29, 1.82) is 5.26 Å². The molecule has 0 aliphatic rings. The van der Waals surface area contributed by atoms with E-state index in [9.17, 15) is 0 Å². The van der Waals surface area contributed by atoms with Crippen molar-refractivity contribution < 1.29 is 4.74 Å². The molecule has 94 valence electrons. The standard InChI is InChI=1S/C13H26N2O/c1-5-13(11-14,15-4)8-6-9-16-10-7-12(2)3/h12,15H,5-10H2,1-4H3. The SMILES string of the molecule is CCC(C#N)(CCCOCCC(C)C)NC. The van der Waals surface area contributed by atoms with E-state index in [2.05, 4.69) is 25.2 Å². The second-order valence-corrected chi connectivity index (χ2v) is 4.70. The van der Waals surface area contributed by atoms with E-state index in [1.807, 2.05) is 14.0 Å². The largest absolute Gasteiger partial charge is 0.381 e. The predicted octanol–water partition coefficient (Wildman–Crippen LogP) is 2.72. The van der Waals surface area contributed by atoms with Crippen molar-refractivity contribution in [3.63, 3.8) is 0 Å². The average molecular weight is 226 g/mol. The molecule has 0 aromatic heterocycles. The highest BCUT2D eigenvalue weighted by Gasteiger charge is 2.24. The van der Waals surface area contributed by atoms with E-state index < -0.39 is 0 Å². The van der Waals surface area contributed by atoms with Crippen molar-refractivity contribution in [1.82, 2.24) is 5.32 Å². The van der Waals surface area contributed by atoms with Crippen molar-refractivity contribution in [2.75, 3.05) is 20.3 Å². The maximum absolute atomic E-state index is 9.10. The average Bonchev–Trinajstić information content (AvgIpc) is 2.29. The number of nitriles is 1. The highest BCUT2D eigenvalue weighted by atomic mass is 16.5. The summed E-state index contributed by atoms with van der Waals surface area (Å²) in [4.78, 5) is 0. The van der Waals surface area contributed by atoms with Gasteiger partial charge in [-0.15, -0.1) is 0 Å². The van der Waals surface area contributed by atoms with Gasteiger partial charge in [-0.25, -0.2) is 0 Å². The molecule has 0 aromatic rings. The molecule has 0 spiro atoms. The summed E-state index contributed by atoms with van der Waals surface area (Å²) in [6.07, 6.45) is 3.76. The van der Waals surface area contributed by atoms with Crippen molar-refractivity contribution in [3.05, 3.63) is 0 Å². The highest BCUT2D eigenvalue weighted by molar-refractivity contribution is 5.05. The second-order valence-electron chi connectivity index (χ2n) is 4.70. The Morgan fingerprint density at radius 1 is 1.38 bits per heavy atom. The Hall–Kier alpha value is -0.590. The van der Waals surface area contributed by atoms with Gasteiger partial charge in [-0.2, -0.15) is 5.26 Å². The van der Waals surface area contributed by atoms with Crippen LogP contribution in [0.1, 0.15) is 46.5 Å². The third-order valence-corrected chi connectivity index (χ3v) is 3.03. The van der Waals surface area contributed by atoms with Crippen LogP contribution in [0.2, 0.25) is 0 Å². The number of rotatable bonds is 9. The van der Waals surface area contributed by atoms with Gasteiger partial charge in [0, 0.05) is 13.2 Å². The van der Waals surface area contributed by atoms with E-state index in [0.29, 0.717) is 5.92 Å². The van der Waals surface area contributed by atoms with Gasteiger partial charge in [0.15, 0.2) is 0 Å². The van der Waals surface area contributed by atoms with Gasteiger partial charge in [0.2, 0.25) is 0 Å². The van der Waals surface area contributed by atoms with E-state index >= 15 is 0 Å². The molecule has 0 aromatic carbocycles. The number of ether oxygens (including phenoxy) is 1. The summed E-state index contributed by atoms with van der Waals surface area (Å²) in [5, 5.41) is 12.2. The van der Waals surface area contributed by atoms with Crippen LogP contribution < -0.4 is 5.32 Å². The Morgan fingerprint density at radius 2 is 2.06 bits per heavy atom. The highest BCUT2D eigenvalue weighted by Crippen LogP contribution is 2.15. The van der Waals surface area contributed by atoms with Crippen LogP contribution in [0.5, 0.6) is 0 Å². The molecule has 0 bridgehead atoms. The summed E-state index contributed by atoms with van der Waals surface area (Å²) < 4.78 is 5.54. The molecular weight excluding hydrogens is 200 g/mol. The Morgan fingerprint density at radius 3 is 2.50 bits per heavy atom. The fourth-order valence-electron chi connectivity index (χ4n) is 1.57. The summed E-state index contributed by atoms with van der Waals surface area (Å²) in [6.45, 7) is 8.03. The summed E-state index contributed by atoms with van der Waals surface area (Å²) in [6, 6.07) is 2.36. The van der Waals surface area contributed by atoms with Gasteiger partial charge in [-0.3, -0.25) is 0 Å². The Kier molecular flexibility index (Phi) is 8.23. The van der Waals surface area contributed by atoms with E-state index in [-0.39, 0.29) is 5.54 Å². The quantitative estimate of drug-likeness (QED) is 0.615. The summed E-state index contributed by atoms with van der Waals surface area (Å²) >= 11 is 0. The summed E-state index contributed by atoms with van der Waals surface area (Å²) in [5.74, 6) is 0.700. The molecule has 16 heavy (non-hydrogen) atoms. The van der Waals surface area contributed by atoms with E-state index in [4.69, 9.17) is 10.00 Å². The topological polar surface area (TPSA) is 45.0 Å². The molecule has 0 heterocycles. The van der Waals surface area contributed by atoms with Crippen LogP contribution >= 0.6 is 0 Å². The van der Waals surface area contributed by atoms with Gasteiger partial charge in [0.05, 0.1) is 6.07 Å². The van der Waals surface area contributed by atoms with Crippen LogP contribution in [0, 0.1) is 17.2 Å². The Bertz CT molecular complexity index is 204. The van der Waals surface area contributed by atoms with Crippen molar-refractivity contribution in [2.24, 2.45) is 5.92 Å². The fraction of sp³-hybridized carbons (Fsp3) is 0.923. The molecule has 0 aliphatic heterocycles. The van der Waals surface area contributed by atoms with E-state index in [1.165, 1.54) is 0 Å². The van der Waals surface area contributed by atoms with E-state index in [0.717, 1.165) is 38.9 Å². The molecule has 3 nitrogen and oxygen atoms in total. The van der Waals surface area contributed by atoms with Crippen molar-refractivity contribution in [2.45, 2.75) is 52.0 Å². The predicted molar refractivity (Wildman–Crippen MR) is 67.2 cm³/mol. The maximum atomic E-state index is 9.10. The lowest BCUT2D eigenvalue weighted by molar-refractivity contribution is 0.115. The fourth-order valence-corrected chi connectivity index (χ4v) is 1.57. The molecule has 1 unspecified atom stereocenters. The molecule has 0 fully saturated rings. The lowest BCUT2D eigenvalue weighted by Gasteiger charge is -2.24. The van der Waals surface area contributed by atoms with Crippen LogP contribution in [0.4, 0.5) is 0 Å². The Labute approximate surface area is 100 Å². The van der Waals surface area contributed by atoms with Gasteiger partial charge in [-0.05, 0) is 38.6 Å². The van der Waals surface area contributed by atoms with Gasteiger partial charge < -0.3 is 10.1 Å². The van der Waals surface area contributed by atoms with Crippen molar-refractivity contribution in [3.8, 4) is 6.07 Å². The van der Waals surface area contributed by atoms with Crippen LogP contribution in [0.25, 0.3) is 0 Å². The van der Waals surface area contributed by atoms with Crippen LogP contribution in [-0.4, -0.2) is 25.8 Å². The minimum atomic E-state index is -0.360. The first-order chi connectivity index (χ1) is 7.60. The first kappa shape index (κ1) is 15.4. The van der Waals surface area contributed by atoms with Crippen LogP contribution in [0.15, 0.2) is 0 Å². The van der Waals surface area contributed by atoms with Crippen LogP contribution in [-0.2, 0) is 4.74 Å². The van der Waals surface area contributed by atoms with Gasteiger partial charge in [0.25, 0.3) is 0 Å². The molecule has 0 rings (SSSR count). The zero-order chi connectivity index (χ0) is 12.4.